The first-order chi connectivity index (χ1) is 14.1. The van der Waals surface area contributed by atoms with E-state index in [4.69, 9.17) is 0 Å². The Morgan fingerprint density at radius 1 is 0.897 bits per heavy atom. The molecule has 0 aliphatic rings. The normalized spacial score (nSPS) is 11.7. The molecule has 0 aliphatic heterocycles. The summed E-state index contributed by atoms with van der Waals surface area (Å²) in [5.74, 6) is 0.386. The van der Waals surface area contributed by atoms with Crippen molar-refractivity contribution in [3.05, 3.63) is 109 Å². The zero-order chi connectivity index (χ0) is 20.6. The molecular weight excluding hydrogens is 356 g/mol. The molecule has 1 N–H and O–H groups in total. The molecule has 0 spiro atoms. The van der Waals surface area contributed by atoms with Crippen LogP contribution in [0.15, 0.2) is 97.6 Å². The molecule has 3 aromatic carbocycles. The standard InChI is InChI=1S/C26H28N2O/c1-4-19-28(24-13-9-6-10-14-24)25(22-11-7-5-8-12-22)26(29)27-23-17-15-21(16-18-23)20(2)3/h4-18,20,25H,1,19H2,2-3H3,(H,27,29). The summed E-state index contributed by atoms with van der Waals surface area (Å²) >= 11 is 0. The molecule has 1 amide bonds. The van der Waals surface area contributed by atoms with Crippen molar-refractivity contribution >= 4 is 17.3 Å². The van der Waals surface area contributed by atoms with Gasteiger partial charge in [0, 0.05) is 17.9 Å². The van der Waals surface area contributed by atoms with Gasteiger partial charge < -0.3 is 10.2 Å². The van der Waals surface area contributed by atoms with Crippen LogP contribution in [-0.4, -0.2) is 12.5 Å². The number of carbonyl (C=O) groups is 1. The highest BCUT2D eigenvalue weighted by atomic mass is 16.2. The molecule has 3 aromatic rings. The second-order valence-corrected chi connectivity index (χ2v) is 7.36. The number of para-hydroxylation sites is 1. The predicted molar refractivity (Wildman–Crippen MR) is 122 cm³/mol. The van der Waals surface area contributed by atoms with Gasteiger partial charge in [-0.15, -0.1) is 6.58 Å². The van der Waals surface area contributed by atoms with Gasteiger partial charge in [-0.1, -0.05) is 80.6 Å². The van der Waals surface area contributed by atoms with Crippen LogP contribution in [0.4, 0.5) is 11.4 Å². The van der Waals surface area contributed by atoms with Gasteiger partial charge in [-0.05, 0) is 41.3 Å². The van der Waals surface area contributed by atoms with E-state index >= 15 is 0 Å². The average Bonchev–Trinajstić information content (AvgIpc) is 2.75. The maximum absolute atomic E-state index is 13.4. The SMILES string of the molecule is C=CCN(c1ccccc1)C(C(=O)Nc1ccc(C(C)C)cc1)c1ccccc1. The molecule has 1 unspecified atom stereocenters. The molecule has 1 atom stereocenters. The Hall–Kier alpha value is -3.33. The van der Waals surface area contributed by atoms with E-state index in [9.17, 15) is 4.79 Å². The molecule has 0 radical (unpaired) electrons. The zero-order valence-electron chi connectivity index (χ0n) is 17.1. The Morgan fingerprint density at radius 2 is 1.48 bits per heavy atom. The summed E-state index contributed by atoms with van der Waals surface area (Å²) in [6.07, 6.45) is 1.83. The first-order valence-electron chi connectivity index (χ1n) is 9.98. The topological polar surface area (TPSA) is 32.3 Å². The van der Waals surface area contributed by atoms with Gasteiger partial charge >= 0.3 is 0 Å². The fourth-order valence-electron chi connectivity index (χ4n) is 3.39. The summed E-state index contributed by atoms with van der Waals surface area (Å²) < 4.78 is 0. The number of carbonyl (C=O) groups excluding carboxylic acids is 1. The van der Waals surface area contributed by atoms with Crippen molar-refractivity contribution < 1.29 is 4.79 Å². The Labute approximate surface area is 173 Å². The van der Waals surface area contributed by atoms with Crippen molar-refractivity contribution in [1.29, 1.82) is 0 Å². The third-order valence-electron chi connectivity index (χ3n) is 4.93. The summed E-state index contributed by atoms with van der Waals surface area (Å²) in [5.41, 5.74) is 3.97. The van der Waals surface area contributed by atoms with Crippen LogP contribution < -0.4 is 10.2 Å². The zero-order valence-corrected chi connectivity index (χ0v) is 17.1. The fourth-order valence-corrected chi connectivity index (χ4v) is 3.39. The van der Waals surface area contributed by atoms with Gasteiger partial charge in [0.25, 0.3) is 5.91 Å². The Morgan fingerprint density at radius 3 is 2.03 bits per heavy atom. The highest BCUT2D eigenvalue weighted by Gasteiger charge is 2.27. The number of hydrogen-bond donors (Lipinski definition) is 1. The molecule has 29 heavy (non-hydrogen) atoms. The Balaban J connectivity index is 1.94. The summed E-state index contributed by atoms with van der Waals surface area (Å²) in [4.78, 5) is 15.5. The number of anilines is 2. The number of rotatable bonds is 8. The minimum Gasteiger partial charge on any atom is -0.352 e. The van der Waals surface area contributed by atoms with Crippen LogP contribution in [-0.2, 0) is 4.79 Å². The number of hydrogen-bond acceptors (Lipinski definition) is 2. The Kier molecular flexibility index (Phi) is 6.85. The van der Waals surface area contributed by atoms with Crippen molar-refractivity contribution in [3.8, 4) is 0 Å². The molecule has 0 saturated carbocycles. The van der Waals surface area contributed by atoms with E-state index in [0.29, 0.717) is 12.5 Å². The van der Waals surface area contributed by atoms with Crippen LogP contribution in [0.25, 0.3) is 0 Å². The van der Waals surface area contributed by atoms with E-state index < -0.39 is 6.04 Å². The van der Waals surface area contributed by atoms with Crippen LogP contribution in [0.2, 0.25) is 0 Å². The molecule has 0 heterocycles. The maximum atomic E-state index is 13.4. The molecule has 0 aliphatic carbocycles. The molecule has 0 saturated heterocycles. The molecule has 148 valence electrons. The lowest BCUT2D eigenvalue weighted by Crippen LogP contribution is -2.37. The summed E-state index contributed by atoms with van der Waals surface area (Å²) in [6, 6.07) is 27.4. The molecule has 3 nitrogen and oxygen atoms in total. The van der Waals surface area contributed by atoms with Gasteiger partial charge in [0.15, 0.2) is 0 Å². The third kappa shape index (κ3) is 5.14. The average molecular weight is 385 g/mol. The van der Waals surface area contributed by atoms with E-state index in [1.54, 1.807) is 0 Å². The van der Waals surface area contributed by atoms with E-state index in [-0.39, 0.29) is 5.91 Å². The van der Waals surface area contributed by atoms with Gasteiger partial charge in [0.05, 0.1) is 0 Å². The van der Waals surface area contributed by atoms with Crippen LogP contribution in [0.1, 0.15) is 36.9 Å². The van der Waals surface area contributed by atoms with E-state index in [1.165, 1.54) is 5.56 Å². The van der Waals surface area contributed by atoms with Gasteiger partial charge in [-0.25, -0.2) is 0 Å². The molecule has 3 rings (SSSR count). The second-order valence-electron chi connectivity index (χ2n) is 7.36. The summed E-state index contributed by atoms with van der Waals surface area (Å²) in [7, 11) is 0. The van der Waals surface area contributed by atoms with Gasteiger partial charge in [-0.2, -0.15) is 0 Å². The van der Waals surface area contributed by atoms with Crippen molar-refractivity contribution in [1.82, 2.24) is 0 Å². The Bertz CT molecular complexity index is 918. The van der Waals surface area contributed by atoms with E-state index in [2.05, 4.69) is 42.8 Å². The van der Waals surface area contributed by atoms with Crippen LogP contribution >= 0.6 is 0 Å². The van der Waals surface area contributed by atoms with Crippen molar-refractivity contribution in [3.63, 3.8) is 0 Å². The summed E-state index contributed by atoms with van der Waals surface area (Å²) in [5, 5.41) is 3.10. The van der Waals surface area contributed by atoms with Gasteiger partial charge in [0.1, 0.15) is 6.04 Å². The molecule has 3 heteroatoms. The lowest BCUT2D eigenvalue weighted by atomic mass is 10.0. The first-order valence-corrected chi connectivity index (χ1v) is 9.98. The van der Waals surface area contributed by atoms with Gasteiger partial charge in [0.2, 0.25) is 0 Å². The van der Waals surface area contributed by atoms with Crippen molar-refractivity contribution in [2.75, 3.05) is 16.8 Å². The number of nitrogens with one attached hydrogen (secondary N) is 1. The third-order valence-corrected chi connectivity index (χ3v) is 4.93. The smallest absolute Gasteiger partial charge is 0.251 e. The summed E-state index contributed by atoms with van der Waals surface area (Å²) in [6.45, 7) is 8.77. The predicted octanol–water partition coefficient (Wildman–Crippen LogP) is 6.18. The fraction of sp³-hybridized carbons (Fsp3) is 0.192. The largest absolute Gasteiger partial charge is 0.352 e. The lowest BCUT2D eigenvalue weighted by molar-refractivity contribution is -0.117. The number of amides is 1. The minimum absolute atomic E-state index is 0.0702. The van der Waals surface area contributed by atoms with Crippen LogP contribution in [0, 0.1) is 0 Å². The monoisotopic (exact) mass is 384 g/mol. The highest BCUT2D eigenvalue weighted by Crippen LogP contribution is 2.29. The minimum atomic E-state index is -0.471. The van der Waals surface area contributed by atoms with Gasteiger partial charge in [-0.3, -0.25) is 4.79 Å². The van der Waals surface area contributed by atoms with Crippen molar-refractivity contribution in [2.45, 2.75) is 25.8 Å². The number of nitrogens with zero attached hydrogens (tertiary/aromatic N) is 1. The van der Waals surface area contributed by atoms with Crippen LogP contribution in [0.5, 0.6) is 0 Å². The number of benzene rings is 3. The first kappa shape index (κ1) is 20.4. The van der Waals surface area contributed by atoms with Crippen molar-refractivity contribution in [2.24, 2.45) is 0 Å². The highest BCUT2D eigenvalue weighted by molar-refractivity contribution is 5.97. The van der Waals surface area contributed by atoms with Crippen LogP contribution in [0.3, 0.4) is 0 Å². The molecule has 0 aromatic heterocycles. The lowest BCUT2D eigenvalue weighted by Gasteiger charge is -2.32. The quantitative estimate of drug-likeness (QED) is 0.470. The maximum Gasteiger partial charge on any atom is 0.251 e. The van der Waals surface area contributed by atoms with E-state index in [0.717, 1.165) is 16.9 Å². The molecule has 0 bridgehead atoms. The van der Waals surface area contributed by atoms with E-state index in [1.807, 2.05) is 78.9 Å². The molecular formula is C26H28N2O. The molecule has 0 fully saturated rings. The second kappa shape index (κ2) is 9.74.